The van der Waals surface area contributed by atoms with Crippen molar-refractivity contribution in [3.05, 3.63) is 82.5 Å². The molecular formula is C28H23ClF3NO5. The molecule has 1 heterocycles. The van der Waals surface area contributed by atoms with Crippen molar-refractivity contribution in [2.75, 3.05) is 6.61 Å². The van der Waals surface area contributed by atoms with E-state index in [2.05, 4.69) is 9.72 Å². The van der Waals surface area contributed by atoms with Crippen LogP contribution in [0.4, 0.5) is 13.2 Å². The molecule has 4 aromatic rings. The number of H-pyrrole nitrogens is 1. The highest BCUT2D eigenvalue weighted by atomic mass is 35.5. The smallest absolute Gasteiger partial charge is 0.491 e. The van der Waals surface area contributed by atoms with Gasteiger partial charge in [0.05, 0.1) is 17.7 Å². The van der Waals surface area contributed by atoms with E-state index in [0.717, 1.165) is 12.1 Å². The second-order valence-electron chi connectivity index (χ2n) is 8.54. The SMILES string of the molecule is CCOC(=O)c1[nH]c2ccc(C(=O)c3ccc(OC(F)(F)F)cc3)c(-c3ccc(OC(C)C)cc3)c2c1Cl. The van der Waals surface area contributed by atoms with Crippen molar-refractivity contribution in [3.63, 3.8) is 0 Å². The van der Waals surface area contributed by atoms with Crippen molar-refractivity contribution in [3.8, 4) is 22.6 Å². The summed E-state index contributed by atoms with van der Waals surface area (Å²) in [6.07, 6.45) is -4.89. The molecule has 0 bridgehead atoms. The van der Waals surface area contributed by atoms with Gasteiger partial charge in [-0.3, -0.25) is 4.79 Å². The predicted octanol–water partition coefficient (Wildman–Crippen LogP) is 7.58. The van der Waals surface area contributed by atoms with Crippen LogP contribution in [-0.2, 0) is 4.74 Å². The first-order valence-corrected chi connectivity index (χ1v) is 12.0. The van der Waals surface area contributed by atoms with Gasteiger partial charge in [0.15, 0.2) is 5.78 Å². The number of aromatic nitrogens is 1. The fourth-order valence-corrected chi connectivity index (χ4v) is 4.34. The Morgan fingerprint density at radius 1 is 0.947 bits per heavy atom. The Morgan fingerprint density at radius 3 is 2.16 bits per heavy atom. The number of alkyl halides is 3. The van der Waals surface area contributed by atoms with E-state index in [-0.39, 0.29) is 34.6 Å². The van der Waals surface area contributed by atoms with Crippen molar-refractivity contribution in [1.29, 1.82) is 0 Å². The number of esters is 1. The molecule has 6 nitrogen and oxygen atoms in total. The molecule has 0 aliphatic heterocycles. The highest BCUT2D eigenvalue weighted by molar-refractivity contribution is 6.40. The van der Waals surface area contributed by atoms with Gasteiger partial charge in [-0.05, 0) is 74.9 Å². The maximum atomic E-state index is 13.6. The molecule has 0 fully saturated rings. The molecule has 0 unspecified atom stereocenters. The minimum atomic E-state index is -4.85. The summed E-state index contributed by atoms with van der Waals surface area (Å²) >= 11 is 6.66. The van der Waals surface area contributed by atoms with Crippen LogP contribution in [0, 0.1) is 0 Å². The topological polar surface area (TPSA) is 77.6 Å². The van der Waals surface area contributed by atoms with E-state index in [1.165, 1.54) is 12.1 Å². The number of hydrogen-bond donors (Lipinski definition) is 1. The molecule has 198 valence electrons. The Hall–Kier alpha value is -3.98. The third kappa shape index (κ3) is 5.78. The molecule has 0 saturated heterocycles. The Kier molecular flexibility index (Phi) is 7.68. The van der Waals surface area contributed by atoms with Gasteiger partial charge in [-0.15, -0.1) is 13.2 Å². The molecule has 0 aliphatic carbocycles. The second-order valence-corrected chi connectivity index (χ2v) is 8.92. The van der Waals surface area contributed by atoms with Crippen LogP contribution < -0.4 is 9.47 Å². The largest absolute Gasteiger partial charge is 0.573 e. The molecule has 1 N–H and O–H groups in total. The Bertz CT molecular complexity index is 1480. The third-order valence-corrected chi connectivity index (χ3v) is 5.87. The van der Waals surface area contributed by atoms with Gasteiger partial charge in [0.25, 0.3) is 0 Å². The summed E-state index contributed by atoms with van der Waals surface area (Å²) in [5.41, 5.74) is 1.97. The molecule has 0 spiro atoms. The van der Waals surface area contributed by atoms with Gasteiger partial charge in [0, 0.05) is 27.6 Å². The fourth-order valence-electron chi connectivity index (χ4n) is 4.02. The van der Waals surface area contributed by atoms with Crippen LogP contribution in [-0.4, -0.2) is 35.8 Å². The van der Waals surface area contributed by atoms with Crippen molar-refractivity contribution in [2.45, 2.75) is 33.2 Å². The lowest BCUT2D eigenvalue weighted by Gasteiger charge is -2.14. The van der Waals surface area contributed by atoms with Crippen molar-refractivity contribution in [2.24, 2.45) is 0 Å². The Balaban J connectivity index is 1.86. The van der Waals surface area contributed by atoms with Crippen LogP contribution in [0.15, 0.2) is 60.7 Å². The average molecular weight is 546 g/mol. The number of carbonyl (C=O) groups excluding carboxylic acids is 2. The molecule has 0 aliphatic rings. The van der Waals surface area contributed by atoms with E-state index in [1.54, 1.807) is 43.3 Å². The summed E-state index contributed by atoms with van der Waals surface area (Å²) in [6.45, 7) is 5.61. The lowest BCUT2D eigenvalue weighted by Crippen LogP contribution is -2.17. The predicted molar refractivity (Wildman–Crippen MR) is 137 cm³/mol. The minimum Gasteiger partial charge on any atom is -0.491 e. The van der Waals surface area contributed by atoms with E-state index in [0.29, 0.717) is 27.8 Å². The molecule has 0 saturated carbocycles. The van der Waals surface area contributed by atoms with Crippen molar-refractivity contribution < 1.29 is 37.0 Å². The van der Waals surface area contributed by atoms with Crippen LogP contribution in [0.3, 0.4) is 0 Å². The van der Waals surface area contributed by atoms with E-state index in [9.17, 15) is 22.8 Å². The summed E-state index contributed by atoms with van der Waals surface area (Å²) in [7, 11) is 0. The zero-order chi connectivity index (χ0) is 27.6. The minimum absolute atomic E-state index is 0.0442. The summed E-state index contributed by atoms with van der Waals surface area (Å²) < 4.78 is 52.4. The van der Waals surface area contributed by atoms with Gasteiger partial charge >= 0.3 is 12.3 Å². The number of nitrogens with one attached hydrogen (secondary N) is 1. The normalized spacial score (nSPS) is 11.6. The lowest BCUT2D eigenvalue weighted by molar-refractivity contribution is -0.274. The number of rotatable bonds is 8. The Labute approximate surface area is 221 Å². The maximum absolute atomic E-state index is 13.6. The number of benzene rings is 3. The fraction of sp³-hybridized carbons (Fsp3) is 0.214. The summed E-state index contributed by atoms with van der Waals surface area (Å²) in [5, 5.41) is 0.509. The first-order chi connectivity index (χ1) is 18.0. The van der Waals surface area contributed by atoms with Gasteiger partial charge in [0.1, 0.15) is 17.2 Å². The molecular weight excluding hydrogens is 523 g/mol. The number of ketones is 1. The molecule has 10 heteroatoms. The van der Waals surface area contributed by atoms with E-state index in [4.69, 9.17) is 21.1 Å². The molecule has 4 rings (SSSR count). The van der Waals surface area contributed by atoms with Crippen LogP contribution in [0.25, 0.3) is 22.0 Å². The standard InChI is InChI=1S/C28H23ClF3NO5/c1-4-36-27(35)25-24(29)23-21(33-25)14-13-20(22(23)16-5-9-18(10-6-16)37-15(2)3)26(34)17-7-11-19(12-8-17)38-28(30,31)32/h5-15,33H,4H2,1-3H3. The number of hydrogen-bond acceptors (Lipinski definition) is 5. The zero-order valence-corrected chi connectivity index (χ0v) is 21.4. The number of fused-ring (bicyclic) bond motifs is 1. The zero-order valence-electron chi connectivity index (χ0n) is 20.6. The average Bonchev–Trinajstić information content (AvgIpc) is 3.19. The Morgan fingerprint density at radius 2 is 1.58 bits per heavy atom. The number of ether oxygens (including phenoxy) is 3. The number of carbonyl (C=O) groups is 2. The van der Waals surface area contributed by atoms with Gasteiger partial charge in [-0.2, -0.15) is 0 Å². The highest BCUT2D eigenvalue weighted by Gasteiger charge is 2.31. The molecule has 0 radical (unpaired) electrons. The van der Waals surface area contributed by atoms with Gasteiger partial charge in [-0.1, -0.05) is 23.7 Å². The molecule has 0 amide bonds. The van der Waals surface area contributed by atoms with Crippen LogP contribution in [0.5, 0.6) is 11.5 Å². The van der Waals surface area contributed by atoms with Crippen LogP contribution >= 0.6 is 11.6 Å². The first-order valence-electron chi connectivity index (χ1n) is 11.7. The van der Waals surface area contributed by atoms with Crippen LogP contribution in [0.1, 0.15) is 47.2 Å². The van der Waals surface area contributed by atoms with Crippen molar-refractivity contribution in [1.82, 2.24) is 4.98 Å². The first kappa shape index (κ1) is 27.1. The number of aromatic amines is 1. The highest BCUT2D eigenvalue weighted by Crippen LogP contribution is 2.40. The third-order valence-electron chi connectivity index (χ3n) is 5.49. The summed E-state index contributed by atoms with van der Waals surface area (Å²) in [6, 6.07) is 14.8. The van der Waals surface area contributed by atoms with E-state index >= 15 is 0 Å². The van der Waals surface area contributed by atoms with Gasteiger partial charge in [-0.25, -0.2) is 4.79 Å². The van der Waals surface area contributed by atoms with E-state index < -0.39 is 23.9 Å². The molecule has 3 aromatic carbocycles. The molecule has 38 heavy (non-hydrogen) atoms. The van der Waals surface area contributed by atoms with Gasteiger partial charge < -0.3 is 19.2 Å². The summed E-state index contributed by atoms with van der Waals surface area (Å²) in [5.74, 6) is -0.930. The number of halogens is 4. The van der Waals surface area contributed by atoms with Gasteiger partial charge in [0.2, 0.25) is 0 Å². The molecule has 0 atom stereocenters. The quantitative estimate of drug-likeness (QED) is 0.182. The van der Waals surface area contributed by atoms with Crippen molar-refractivity contribution >= 4 is 34.3 Å². The maximum Gasteiger partial charge on any atom is 0.573 e. The second kappa shape index (κ2) is 10.8. The summed E-state index contributed by atoms with van der Waals surface area (Å²) in [4.78, 5) is 29.1. The molecule has 1 aromatic heterocycles. The van der Waals surface area contributed by atoms with E-state index in [1.807, 2.05) is 13.8 Å². The van der Waals surface area contributed by atoms with Crippen LogP contribution in [0.2, 0.25) is 5.02 Å². The monoisotopic (exact) mass is 545 g/mol. The lowest BCUT2D eigenvalue weighted by atomic mass is 9.91.